The van der Waals surface area contributed by atoms with Crippen LogP contribution >= 0.6 is 0 Å². The molecule has 0 aromatic heterocycles. The van der Waals surface area contributed by atoms with Crippen molar-refractivity contribution in [2.24, 2.45) is 0 Å². The van der Waals surface area contributed by atoms with Gasteiger partial charge in [-0.25, -0.2) is 0 Å². The van der Waals surface area contributed by atoms with Crippen LogP contribution < -0.4 is 9.47 Å². The van der Waals surface area contributed by atoms with E-state index in [1.807, 2.05) is 0 Å². The van der Waals surface area contributed by atoms with Crippen molar-refractivity contribution in [3.63, 3.8) is 0 Å². The maximum absolute atomic E-state index is 9.47. The molecule has 1 aromatic carbocycles. The van der Waals surface area contributed by atoms with Crippen LogP contribution in [0.2, 0.25) is 0 Å². The zero-order valence-electron chi connectivity index (χ0n) is 10.8. The van der Waals surface area contributed by atoms with E-state index in [0.717, 1.165) is 5.56 Å². The highest BCUT2D eigenvalue weighted by Crippen LogP contribution is 2.30. The molecule has 0 bridgehead atoms. The molecule has 0 aliphatic carbocycles. The van der Waals surface area contributed by atoms with Crippen LogP contribution in [0.3, 0.4) is 0 Å². The summed E-state index contributed by atoms with van der Waals surface area (Å²) in [6.07, 6.45) is -0.541. The second-order valence-corrected chi connectivity index (χ2v) is 3.77. The van der Waals surface area contributed by atoms with Gasteiger partial charge in [0.05, 0.1) is 33.0 Å². The van der Waals surface area contributed by atoms with Gasteiger partial charge in [-0.1, -0.05) is 6.07 Å². The lowest BCUT2D eigenvalue weighted by Gasteiger charge is -2.13. The Morgan fingerprint density at radius 3 is 2.56 bits per heavy atom. The molecule has 1 unspecified atom stereocenters. The Balaban J connectivity index is 2.54. The summed E-state index contributed by atoms with van der Waals surface area (Å²) in [5.74, 6) is 1.19. The number of ether oxygens (including phenoxy) is 3. The highest BCUT2D eigenvalue weighted by molar-refractivity contribution is 5.43. The third-order valence-electron chi connectivity index (χ3n) is 2.39. The van der Waals surface area contributed by atoms with Gasteiger partial charge in [0, 0.05) is 0 Å². The number of methoxy groups -OCH3 is 1. The van der Waals surface area contributed by atoms with Crippen LogP contribution in [0, 0.1) is 0 Å². The molecule has 1 rings (SSSR count). The lowest BCUT2D eigenvalue weighted by molar-refractivity contribution is 0.0698. The number of hydrogen-bond acceptors (Lipinski definition) is 5. The van der Waals surface area contributed by atoms with E-state index in [4.69, 9.17) is 19.3 Å². The van der Waals surface area contributed by atoms with E-state index in [2.05, 4.69) is 0 Å². The lowest BCUT2D eigenvalue weighted by Crippen LogP contribution is -2.09. The molecule has 2 N–H and O–H groups in total. The summed E-state index contributed by atoms with van der Waals surface area (Å²) in [5.41, 5.74) is 0.774. The molecule has 5 heteroatoms. The Hall–Kier alpha value is -1.30. The predicted molar refractivity (Wildman–Crippen MR) is 67.0 cm³/mol. The molecular formula is C13H20O5. The van der Waals surface area contributed by atoms with E-state index in [1.54, 1.807) is 32.2 Å². The molecule has 18 heavy (non-hydrogen) atoms. The molecule has 0 fully saturated rings. The van der Waals surface area contributed by atoms with Crippen molar-refractivity contribution in [1.29, 1.82) is 0 Å². The predicted octanol–water partition coefficient (Wildman–Crippen LogP) is 1.14. The number of rotatable bonds is 8. The Labute approximate surface area is 107 Å². The summed E-state index contributed by atoms with van der Waals surface area (Å²) >= 11 is 0. The van der Waals surface area contributed by atoms with Gasteiger partial charge in [-0.2, -0.15) is 0 Å². The molecule has 1 aromatic rings. The Kier molecular flexibility index (Phi) is 6.49. The first kappa shape index (κ1) is 14.8. The van der Waals surface area contributed by atoms with Gasteiger partial charge in [-0.3, -0.25) is 0 Å². The Morgan fingerprint density at radius 2 is 1.94 bits per heavy atom. The Morgan fingerprint density at radius 1 is 1.17 bits per heavy atom. The maximum Gasteiger partial charge on any atom is 0.161 e. The van der Waals surface area contributed by atoms with Crippen molar-refractivity contribution in [2.75, 3.05) is 33.5 Å². The molecule has 0 aliphatic heterocycles. The fraction of sp³-hybridized carbons (Fsp3) is 0.538. The molecule has 0 spiro atoms. The zero-order valence-corrected chi connectivity index (χ0v) is 10.8. The minimum Gasteiger partial charge on any atom is -0.493 e. The van der Waals surface area contributed by atoms with Crippen LogP contribution in [0.15, 0.2) is 18.2 Å². The van der Waals surface area contributed by atoms with E-state index >= 15 is 0 Å². The van der Waals surface area contributed by atoms with Crippen molar-refractivity contribution in [1.82, 2.24) is 0 Å². The van der Waals surface area contributed by atoms with Crippen LogP contribution in [0.5, 0.6) is 11.5 Å². The maximum atomic E-state index is 9.47. The topological polar surface area (TPSA) is 68.2 Å². The van der Waals surface area contributed by atoms with Gasteiger partial charge in [0.25, 0.3) is 0 Å². The van der Waals surface area contributed by atoms with Gasteiger partial charge in [0.15, 0.2) is 11.5 Å². The van der Waals surface area contributed by atoms with E-state index in [1.165, 1.54) is 0 Å². The second kappa shape index (κ2) is 7.92. The lowest BCUT2D eigenvalue weighted by atomic mass is 10.1. The molecule has 0 heterocycles. The fourth-order valence-corrected chi connectivity index (χ4v) is 1.44. The van der Waals surface area contributed by atoms with Crippen molar-refractivity contribution in [3.05, 3.63) is 23.8 Å². The standard InChI is InChI=1S/C13H20O5/c1-10(15)11-3-4-12(13(9-11)16-2)18-8-7-17-6-5-14/h3-4,9-10,14-15H,5-8H2,1-2H3. The van der Waals surface area contributed by atoms with E-state index in [-0.39, 0.29) is 6.61 Å². The highest BCUT2D eigenvalue weighted by Gasteiger charge is 2.08. The largest absolute Gasteiger partial charge is 0.493 e. The zero-order chi connectivity index (χ0) is 13.4. The van der Waals surface area contributed by atoms with Crippen LogP contribution in [-0.2, 0) is 4.74 Å². The molecule has 102 valence electrons. The summed E-state index contributed by atoms with van der Waals surface area (Å²) in [7, 11) is 1.55. The number of aliphatic hydroxyl groups excluding tert-OH is 2. The first-order valence-corrected chi connectivity index (χ1v) is 5.86. The van der Waals surface area contributed by atoms with Gasteiger partial charge in [-0.05, 0) is 24.6 Å². The first-order chi connectivity index (χ1) is 8.69. The minimum atomic E-state index is -0.541. The third-order valence-corrected chi connectivity index (χ3v) is 2.39. The minimum absolute atomic E-state index is 0.00636. The van der Waals surface area contributed by atoms with Crippen molar-refractivity contribution < 1.29 is 24.4 Å². The number of benzene rings is 1. The van der Waals surface area contributed by atoms with E-state index in [0.29, 0.717) is 31.3 Å². The average molecular weight is 256 g/mol. The van der Waals surface area contributed by atoms with Crippen LogP contribution in [0.25, 0.3) is 0 Å². The molecule has 0 saturated carbocycles. The molecule has 1 atom stereocenters. The van der Waals surface area contributed by atoms with Crippen LogP contribution in [-0.4, -0.2) is 43.8 Å². The third kappa shape index (κ3) is 4.52. The molecule has 5 nitrogen and oxygen atoms in total. The fourth-order valence-electron chi connectivity index (χ4n) is 1.44. The molecule has 0 aliphatic rings. The first-order valence-electron chi connectivity index (χ1n) is 5.86. The summed E-state index contributed by atoms with van der Waals surface area (Å²) in [5, 5.41) is 18.0. The monoisotopic (exact) mass is 256 g/mol. The second-order valence-electron chi connectivity index (χ2n) is 3.77. The quantitative estimate of drug-likeness (QED) is 0.683. The summed E-state index contributed by atoms with van der Waals surface area (Å²) in [4.78, 5) is 0. The summed E-state index contributed by atoms with van der Waals surface area (Å²) in [6, 6.07) is 5.29. The molecule has 0 amide bonds. The van der Waals surface area contributed by atoms with Gasteiger partial charge in [0.1, 0.15) is 6.61 Å². The average Bonchev–Trinajstić information content (AvgIpc) is 2.38. The van der Waals surface area contributed by atoms with Crippen LogP contribution in [0.4, 0.5) is 0 Å². The summed E-state index contributed by atoms with van der Waals surface area (Å²) in [6.45, 7) is 2.79. The Bertz CT molecular complexity index is 351. The number of aliphatic hydroxyl groups is 2. The SMILES string of the molecule is COc1cc(C(C)O)ccc1OCCOCCO. The van der Waals surface area contributed by atoms with Gasteiger partial charge in [-0.15, -0.1) is 0 Å². The van der Waals surface area contributed by atoms with Gasteiger partial charge in [0.2, 0.25) is 0 Å². The number of hydrogen-bond donors (Lipinski definition) is 2. The molecule has 0 saturated heterocycles. The van der Waals surface area contributed by atoms with E-state index < -0.39 is 6.10 Å². The smallest absolute Gasteiger partial charge is 0.161 e. The molecular weight excluding hydrogens is 236 g/mol. The van der Waals surface area contributed by atoms with Crippen molar-refractivity contribution >= 4 is 0 Å². The van der Waals surface area contributed by atoms with Crippen molar-refractivity contribution in [3.8, 4) is 11.5 Å². The van der Waals surface area contributed by atoms with Crippen LogP contribution in [0.1, 0.15) is 18.6 Å². The van der Waals surface area contributed by atoms with Crippen molar-refractivity contribution in [2.45, 2.75) is 13.0 Å². The van der Waals surface area contributed by atoms with E-state index in [9.17, 15) is 5.11 Å². The molecule has 0 radical (unpaired) electrons. The normalized spacial score (nSPS) is 12.2. The summed E-state index contributed by atoms with van der Waals surface area (Å²) < 4.78 is 15.8. The van der Waals surface area contributed by atoms with Gasteiger partial charge >= 0.3 is 0 Å². The van der Waals surface area contributed by atoms with Gasteiger partial charge < -0.3 is 24.4 Å². The highest BCUT2D eigenvalue weighted by atomic mass is 16.5.